The molecule has 0 aliphatic carbocycles. The number of nitrogens with two attached hydrogens (primary N) is 1. The van der Waals surface area contributed by atoms with Crippen LogP contribution < -0.4 is 21.3 Å². The van der Waals surface area contributed by atoms with Crippen LogP contribution in [0, 0.1) is 0 Å². The summed E-state index contributed by atoms with van der Waals surface area (Å²) in [4.78, 5) is 20.3. The fourth-order valence-electron chi connectivity index (χ4n) is 1.64. The van der Waals surface area contributed by atoms with Crippen molar-refractivity contribution in [2.45, 2.75) is 6.54 Å². The molecule has 0 aromatic carbocycles. The van der Waals surface area contributed by atoms with Crippen LogP contribution in [0.1, 0.15) is 15.9 Å². The van der Waals surface area contributed by atoms with Gasteiger partial charge in [0, 0.05) is 29.5 Å². The fourth-order valence-corrected chi connectivity index (χ4v) is 1.97. The Morgan fingerprint density at radius 2 is 2.19 bits per heavy atom. The molecule has 4 N–H and O–H groups in total. The molecule has 2 aromatic rings. The van der Waals surface area contributed by atoms with Gasteiger partial charge in [-0.3, -0.25) is 4.79 Å². The van der Waals surface area contributed by atoms with Gasteiger partial charge in [0.1, 0.15) is 0 Å². The first-order valence-electron chi connectivity index (χ1n) is 6.03. The van der Waals surface area contributed by atoms with Crippen molar-refractivity contribution in [2.24, 2.45) is 5.84 Å². The summed E-state index contributed by atoms with van der Waals surface area (Å²) in [5.74, 6) is 5.89. The summed E-state index contributed by atoms with van der Waals surface area (Å²) in [7, 11) is 1.55. The highest BCUT2D eigenvalue weighted by Gasteiger charge is 2.12. The average Bonchev–Trinajstić information content (AvgIpc) is 2.53. The van der Waals surface area contributed by atoms with Crippen molar-refractivity contribution in [1.82, 2.24) is 15.3 Å². The van der Waals surface area contributed by atoms with Gasteiger partial charge in [-0.1, -0.05) is 6.07 Å². The number of nitrogens with one attached hydrogen (secondary N) is 2. The molecule has 1 amide bonds. The van der Waals surface area contributed by atoms with E-state index in [9.17, 15) is 4.79 Å². The third kappa shape index (κ3) is 3.89. The number of anilines is 1. The number of methoxy groups -OCH3 is 1. The van der Waals surface area contributed by atoms with Crippen LogP contribution >= 0.6 is 15.9 Å². The number of nitrogen functional groups attached to an aromatic ring is 1. The van der Waals surface area contributed by atoms with Crippen LogP contribution in [0.15, 0.2) is 35.1 Å². The van der Waals surface area contributed by atoms with Crippen LogP contribution in [0.3, 0.4) is 0 Å². The minimum atomic E-state index is -0.285. The summed E-state index contributed by atoms with van der Waals surface area (Å²) in [6, 6.07) is 5.20. The minimum Gasteiger partial charge on any atom is -0.481 e. The second kappa shape index (κ2) is 7.00. The summed E-state index contributed by atoms with van der Waals surface area (Å²) >= 11 is 3.27. The monoisotopic (exact) mass is 351 g/mol. The smallest absolute Gasteiger partial charge is 0.255 e. The Balaban J connectivity index is 2.05. The lowest BCUT2D eigenvalue weighted by Crippen LogP contribution is -2.25. The largest absolute Gasteiger partial charge is 0.481 e. The number of carbonyl (C=O) groups excluding carboxylic acids is 1. The Hall–Kier alpha value is -2.19. The molecule has 0 aliphatic rings. The molecular formula is C13H14BrN5O2. The molecule has 2 rings (SSSR count). The summed E-state index contributed by atoms with van der Waals surface area (Å²) in [5.41, 5.74) is 3.61. The van der Waals surface area contributed by atoms with Crippen molar-refractivity contribution in [3.8, 4) is 5.88 Å². The van der Waals surface area contributed by atoms with E-state index >= 15 is 0 Å². The van der Waals surface area contributed by atoms with E-state index < -0.39 is 0 Å². The van der Waals surface area contributed by atoms with E-state index in [1.165, 1.54) is 0 Å². The number of amides is 1. The molecule has 0 atom stereocenters. The standard InChI is InChI=1S/C13H14BrN5O2/c1-21-11-3-2-8(5-16-11)6-18-13(20)10-4-9(14)7-17-12(10)19-15/h2-5,7H,6,15H2,1H3,(H,17,19)(H,18,20). The zero-order valence-electron chi connectivity index (χ0n) is 11.3. The molecule has 21 heavy (non-hydrogen) atoms. The van der Waals surface area contributed by atoms with Crippen LogP contribution in [0.5, 0.6) is 5.88 Å². The first-order chi connectivity index (χ1) is 10.1. The predicted octanol–water partition coefficient (Wildman–Crippen LogP) is 1.46. The Morgan fingerprint density at radius 1 is 1.38 bits per heavy atom. The third-order valence-corrected chi connectivity index (χ3v) is 3.13. The molecule has 0 saturated carbocycles. The number of rotatable bonds is 5. The summed E-state index contributed by atoms with van der Waals surface area (Å²) in [6.07, 6.45) is 3.19. The van der Waals surface area contributed by atoms with E-state index in [1.54, 1.807) is 31.6 Å². The molecule has 7 nitrogen and oxygen atoms in total. The number of nitrogens with zero attached hydrogens (tertiary/aromatic N) is 2. The predicted molar refractivity (Wildman–Crippen MR) is 81.7 cm³/mol. The number of halogens is 1. The summed E-state index contributed by atoms with van der Waals surface area (Å²) in [5, 5.41) is 2.78. The van der Waals surface area contributed by atoms with Crippen molar-refractivity contribution in [2.75, 3.05) is 12.5 Å². The van der Waals surface area contributed by atoms with Crippen LogP contribution in [0.2, 0.25) is 0 Å². The highest BCUT2D eigenvalue weighted by molar-refractivity contribution is 9.10. The van der Waals surface area contributed by atoms with Gasteiger partial charge in [0.15, 0.2) is 5.82 Å². The Labute approximate surface area is 130 Å². The zero-order valence-corrected chi connectivity index (χ0v) is 12.8. The quantitative estimate of drug-likeness (QED) is 0.556. The zero-order chi connectivity index (χ0) is 15.2. The molecule has 0 radical (unpaired) electrons. The van der Waals surface area contributed by atoms with E-state index in [-0.39, 0.29) is 5.91 Å². The molecule has 0 aliphatic heterocycles. The first-order valence-corrected chi connectivity index (χ1v) is 6.82. The second-order valence-corrected chi connectivity index (χ2v) is 5.00. The Kier molecular flexibility index (Phi) is 5.07. The van der Waals surface area contributed by atoms with Crippen molar-refractivity contribution in [3.63, 3.8) is 0 Å². The van der Waals surface area contributed by atoms with Gasteiger partial charge >= 0.3 is 0 Å². The Morgan fingerprint density at radius 3 is 2.81 bits per heavy atom. The maximum Gasteiger partial charge on any atom is 0.255 e. The van der Waals surface area contributed by atoms with Gasteiger partial charge < -0.3 is 15.5 Å². The number of carbonyl (C=O) groups is 1. The van der Waals surface area contributed by atoms with Gasteiger partial charge in [0.25, 0.3) is 5.91 Å². The van der Waals surface area contributed by atoms with Gasteiger partial charge in [-0.15, -0.1) is 0 Å². The normalized spacial score (nSPS) is 10.0. The highest BCUT2D eigenvalue weighted by atomic mass is 79.9. The number of hydrogen-bond acceptors (Lipinski definition) is 6. The van der Waals surface area contributed by atoms with Crippen molar-refractivity contribution in [3.05, 3.63) is 46.2 Å². The van der Waals surface area contributed by atoms with E-state index in [0.29, 0.717) is 28.3 Å². The van der Waals surface area contributed by atoms with Gasteiger partial charge in [0.2, 0.25) is 5.88 Å². The van der Waals surface area contributed by atoms with E-state index in [4.69, 9.17) is 10.6 Å². The molecule has 110 valence electrons. The van der Waals surface area contributed by atoms with Gasteiger partial charge in [0.05, 0.1) is 12.7 Å². The number of hydrogen-bond donors (Lipinski definition) is 3. The van der Waals surface area contributed by atoms with Gasteiger partial charge in [-0.25, -0.2) is 15.8 Å². The molecule has 0 saturated heterocycles. The molecule has 2 aromatic heterocycles. The third-order valence-electron chi connectivity index (χ3n) is 2.70. The topological polar surface area (TPSA) is 102 Å². The molecular weight excluding hydrogens is 338 g/mol. The number of pyridine rings is 2. The SMILES string of the molecule is COc1ccc(CNC(=O)c2cc(Br)cnc2NN)cn1. The van der Waals surface area contributed by atoms with Gasteiger partial charge in [-0.2, -0.15) is 0 Å². The summed E-state index contributed by atoms with van der Waals surface area (Å²) < 4.78 is 5.67. The lowest BCUT2D eigenvalue weighted by Gasteiger charge is -2.09. The first kappa shape index (κ1) is 15.2. The van der Waals surface area contributed by atoms with Gasteiger partial charge in [-0.05, 0) is 27.6 Å². The van der Waals surface area contributed by atoms with E-state index in [0.717, 1.165) is 5.56 Å². The lowest BCUT2D eigenvalue weighted by molar-refractivity contribution is 0.0951. The molecule has 0 bridgehead atoms. The number of hydrazine groups is 1. The average molecular weight is 352 g/mol. The van der Waals surface area contributed by atoms with Crippen LogP contribution in [-0.4, -0.2) is 23.0 Å². The Bertz CT molecular complexity index is 633. The summed E-state index contributed by atoms with van der Waals surface area (Å²) in [6.45, 7) is 0.340. The molecule has 8 heteroatoms. The minimum absolute atomic E-state index is 0.285. The van der Waals surface area contributed by atoms with Crippen LogP contribution in [0.4, 0.5) is 5.82 Å². The maximum absolute atomic E-state index is 12.2. The second-order valence-electron chi connectivity index (χ2n) is 4.09. The van der Waals surface area contributed by atoms with E-state index in [2.05, 4.69) is 36.6 Å². The lowest BCUT2D eigenvalue weighted by atomic mass is 10.2. The van der Waals surface area contributed by atoms with Crippen molar-refractivity contribution < 1.29 is 9.53 Å². The van der Waals surface area contributed by atoms with Crippen molar-refractivity contribution in [1.29, 1.82) is 0 Å². The number of ether oxygens (including phenoxy) is 1. The molecule has 0 spiro atoms. The fraction of sp³-hybridized carbons (Fsp3) is 0.154. The van der Waals surface area contributed by atoms with Crippen LogP contribution in [-0.2, 0) is 6.54 Å². The number of aromatic nitrogens is 2. The van der Waals surface area contributed by atoms with E-state index in [1.807, 2.05) is 6.07 Å². The molecule has 2 heterocycles. The highest BCUT2D eigenvalue weighted by Crippen LogP contribution is 2.17. The molecule has 0 fully saturated rings. The molecule has 0 unspecified atom stereocenters. The van der Waals surface area contributed by atoms with Crippen LogP contribution in [0.25, 0.3) is 0 Å². The maximum atomic E-state index is 12.2. The van der Waals surface area contributed by atoms with Crippen molar-refractivity contribution >= 4 is 27.7 Å².